The van der Waals surface area contributed by atoms with Crippen LogP contribution in [0.1, 0.15) is 38.3 Å². The van der Waals surface area contributed by atoms with Crippen LogP contribution in [-0.4, -0.2) is 37.6 Å². The Balaban J connectivity index is 2.16. The monoisotopic (exact) mass is 339 g/mol. The minimum Gasteiger partial charge on any atom is -0.371 e. The lowest BCUT2D eigenvalue weighted by molar-refractivity contribution is 0.220. The zero-order valence-electron chi connectivity index (χ0n) is 12.8. The third-order valence-electron chi connectivity index (χ3n) is 4.42. The molecule has 20 heavy (non-hydrogen) atoms. The lowest BCUT2D eigenvalue weighted by Gasteiger charge is -2.38. The number of halogens is 1. The van der Waals surface area contributed by atoms with E-state index < -0.39 is 0 Å². The minimum atomic E-state index is 0.0660. The highest BCUT2D eigenvalue weighted by molar-refractivity contribution is 9.10. The molecule has 1 heterocycles. The summed E-state index contributed by atoms with van der Waals surface area (Å²) in [6.45, 7) is 7.87. The number of anilines is 1. The van der Waals surface area contributed by atoms with Crippen LogP contribution in [0.25, 0.3) is 0 Å². The standard InChI is InChI=1S/C16H26BrN3/c1-4-20-9-7-14(8-10-20)19(3)16-11-13(17)5-6-15(16)12(2)18/h5-6,11-12,14H,4,7-10,18H2,1-3H3. The Morgan fingerprint density at radius 3 is 2.60 bits per heavy atom. The van der Waals surface area contributed by atoms with Gasteiger partial charge in [0.15, 0.2) is 0 Å². The highest BCUT2D eigenvalue weighted by atomic mass is 79.9. The van der Waals surface area contributed by atoms with Gasteiger partial charge in [-0.15, -0.1) is 0 Å². The van der Waals surface area contributed by atoms with Crippen molar-refractivity contribution >= 4 is 21.6 Å². The molecular weight excluding hydrogens is 314 g/mol. The molecule has 3 nitrogen and oxygen atoms in total. The first-order chi connectivity index (χ1) is 9.52. The van der Waals surface area contributed by atoms with Gasteiger partial charge in [0, 0.05) is 42.4 Å². The average molecular weight is 340 g/mol. The van der Waals surface area contributed by atoms with Crippen molar-refractivity contribution in [2.75, 3.05) is 31.6 Å². The molecule has 0 amide bonds. The number of nitrogens with two attached hydrogens (primary N) is 1. The van der Waals surface area contributed by atoms with Crippen molar-refractivity contribution in [3.8, 4) is 0 Å². The van der Waals surface area contributed by atoms with E-state index in [4.69, 9.17) is 5.73 Å². The molecule has 0 saturated carbocycles. The molecule has 1 aliphatic rings. The molecule has 1 aromatic carbocycles. The van der Waals surface area contributed by atoms with E-state index in [1.165, 1.54) is 43.7 Å². The maximum absolute atomic E-state index is 6.13. The molecule has 1 aromatic rings. The summed E-state index contributed by atoms with van der Waals surface area (Å²) in [5.74, 6) is 0. The van der Waals surface area contributed by atoms with Crippen molar-refractivity contribution in [2.24, 2.45) is 5.73 Å². The highest BCUT2D eigenvalue weighted by Gasteiger charge is 2.23. The second-order valence-electron chi connectivity index (χ2n) is 5.77. The van der Waals surface area contributed by atoms with Gasteiger partial charge in [0.1, 0.15) is 0 Å². The van der Waals surface area contributed by atoms with E-state index in [0.29, 0.717) is 6.04 Å². The molecule has 2 rings (SSSR count). The topological polar surface area (TPSA) is 32.5 Å². The predicted octanol–water partition coefficient (Wildman–Crippen LogP) is 3.39. The summed E-state index contributed by atoms with van der Waals surface area (Å²) in [7, 11) is 2.21. The maximum Gasteiger partial charge on any atom is 0.0425 e. The summed E-state index contributed by atoms with van der Waals surface area (Å²) in [6.07, 6.45) is 2.46. The van der Waals surface area contributed by atoms with Crippen LogP contribution in [0.15, 0.2) is 22.7 Å². The number of hydrogen-bond acceptors (Lipinski definition) is 3. The molecule has 0 bridgehead atoms. The van der Waals surface area contributed by atoms with Gasteiger partial charge in [-0.05, 0) is 44.0 Å². The van der Waals surface area contributed by atoms with E-state index in [0.717, 1.165) is 4.47 Å². The van der Waals surface area contributed by atoms with E-state index in [9.17, 15) is 0 Å². The summed E-state index contributed by atoms with van der Waals surface area (Å²) in [5, 5.41) is 0. The molecule has 0 aliphatic carbocycles. The number of rotatable bonds is 4. The summed E-state index contributed by atoms with van der Waals surface area (Å²) < 4.78 is 1.12. The molecule has 1 fully saturated rings. The fourth-order valence-corrected chi connectivity index (χ4v) is 3.38. The molecule has 1 aliphatic heterocycles. The smallest absolute Gasteiger partial charge is 0.0425 e. The van der Waals surface area contributed by atoms with Crippen LogP contribution in [0.4, 0.5) is 5.69 Å². The Morgan fingerprint density at radius 1 is 1.40 bits per heavy atom. The van der Waals surface area contributed by atoms with Gasteiger partial charge in [0.25, 0.3) is 0 Å². The van der Waals surface area contributed by atoms with Crippen LogP contribution in [0.2, 0.25) is 0 Å². The number of piperidine rings is 1. The van der Waals surface area contributed by atoms with Gasteiger partial charge < -0.3 is 15.5 Å². The van der Waals surface area contributed by atoms with Crippen LogP contribution in [0.3, 0.4) is 0 Å². The molecule has 2 N–H and O–H groups in total. The minimum absolute atomic E-state index is 0.0660. The van der Waals surface area contributed by atoms with Crippen molar-refractivity contribution in [1.29, 1.82) is 0 Å². The number of likely N-dealkylation sites (tertiary alicyclic amines) is 1. The Morgan fingerprint density at radius 2 is 2.05 bits per heavy atom. The zero-order valence-corrected chi connectivity index (χ0v) is 14.4. The third-order valence-corrected chi connectivity index (χ3v) is 4.91. The number of hydrogen-bond donors (Lipinski definition) is 1. The van der Waals surface area contributed by atoms with Crippen LogP contribution in [-0.2, 0) is 0 Å². The molecule has 1 unspecified atom stereocenters. The second kappa shape index (κ2) is 6.92. The van der Waals surface area contributed by atoms with E-state index in [1.807, 2.05) is 0 Å². The van der Waals surface area contributed by atoms with Gasteiger partial charge in [-0.3, -0.25) is 0 Å². The Labute approximate surface area is 131 Å². The van der Waals surface area contributed by atoms with Crippen molar-refractivity contribution in [1.82, 2.24) is 4.90 Å². The Kier molecular flexibility index (Phi) is 5.47. The summed E-state index contributed by atoms with van der Waals surface area (Å²) in [4.78, 5) is 4.95. The first-order valence-corrected chi connectivity index (χ1v) is 8.32. The van der Waals surface area contributed by atoms with Crippen LogP contribution in [0.5, 0.6) is 0 Å². The van der Waals surface area contributed by atoms with Gasteiger partial charge in [0.2, 0.25) is 0 Å². The first kappa shape index (κ1) is 15.8. The second-order valence-corrected chi connectivity index (χ2v) is 6.68. The molecular formula is C16H26BrN3. The van der Waals surface area contributed by atoms with Gasteiger partial charge in [-0.1, -0.05) is 28.9 Å². The van der Waals surface area contributed by atoms with Crippen LogP contribution >= 0.6 is 15.9 Å². The fourth-order valence-electron chi connectivity index (χ4n) is 3.03. The van der Waals surface area contributed by atoms with Crippen LogP contribution < -0.4 is 10.6 Å². The molecule has 112 valence electrons. The average Bonchev–Trinajstić information content (AvgIpc) is 2.46. The normalized spacial score (nSPS) is 19.1. The summed E-state index contributed by atoms with van der Waals surface area (Å²) >= 11 is 3.58. The molecule has 4 heteroatoms. The SMILES string of the molecule is CCN1CCC(N(C)c2cc(Br)ccc2C(C)N)CC1. The molecule has 0 radical (unpaired) electrons. The van der Waals surface area contributed by atoms with E-state index >= 15 is 0 Å². The van der Waals surface area contributed by atoms with Crippen molar-refractivity contribution in [3.05, 3.63) is 28.2 Å². The fraction of sp³-hybridized carbons (Fsp3) is 0.625. The molecule has 1 saturated heterocycles. The third kappa shape index (κ3) is 3.54. The van der Waals surface area contributed by atoms with Gasteiger partial charge in [-0.2, -0.15) is 0 Å². The van der Waals surface area contributed by atoms with E-state index in [2.05, 4.69) is 64.8 Å². The first-order valence-electron chi connectivity index (χ1n) is 7.53. The summed E-state index contributed by atoms with van der Waals surface area (Å²) in [6, 6.07) is 7.10. The quantitative estimate of drug-likeness (QED) is 0.912. The number of benzene rings is 1. The van der Waals surface area contributed by atoms with Gasteiger partial charge in [-0.25, -0.2) is 0 Å². The van der Waals surface area contributed by atoms with E-state index in [-0.39, 0.29) is 6.04 Å². The summed E-state index contributed by atoms with van der Waals surface area (Å²) in [5.41, 5.74) is 8.62. The zero-order chi connectivity index (χ0) is 14.7. The van der Waals surface area contributed by atoms with Gasteiger partial charge in [0.05, 0.1) is 0 Å². The lowest BCUT2D eigenvalue weighted by Crippen LogP contribution is -2.43. The highest BCUT2D eigenvalue weighted by Crippen LogP contribution is 2.31. The molecule has 1 atom stereocenters. The van der Waals surface area contributed by atoms with Crippen LogP contribution in [0, 0.1) is 0 Å². The van der Waals surface area contributed by atoms with Crippen molar-refractivity contribution in [3.63, 3.8) is 0 Å². The van der Waals surface area contributed by atoms with Crippen molar-refractivity contribution < 1.29 is 0 Å². The van der Waals surface area contributed by atoms with Crippen molar-refractivity contribution in [2.45, 2.75) is 38.8 Å². The lowest BCUT2D eigenvalue weighted by atomic mass is 10.00. The van der Waals surface area contributed by atoms with E-state index in [1.54, 1.807) is 0 Å². The maximum atomic E-state index is 6.13. The Bertz CT molecular complexity index is 439. The largest absolute Gasteiger partial charge is 0.371 e. The number of nitrogens with zero attached hydrogens (tertiary/aromatic N) is 2. The van der Waals surface area contributed by atoms with Gasteiger partial charge >= 0.3 is 0 Å². The molecule has 0 aromatic heterocycles. The Hall–Kier alpha value is -0.580. The predicted molar refractivity (Wildman–Crippen MR) is 90.3 cm³/mol. The molecule has 0 spiro atoms.